The molecule has 1 aromatic rings. The fourth-order valence-corrected chi connectivity index (χ4v) is 1.93. The van der Waals surface area contributed by atoms with Crippen molar-refractivity contribution in [1.82, 2.24) is 9.78 Å². The van der Waals surface area contributed by atoms with Crippen LogP contribution in [0.15, 0.2) is 12.7 Å². The predicted molar refractivity (Wildman–Crippen MR) is 70.6 cm³/mol. The topological polar surface area (TPSA) is 38.1 Å². The van der Waals surface area contributed by atoms with Crippen molar-refractivity contribution in [1.29, 1.82) is 0 Å². The van der Waals surface area contributed by atoms with Crippen LogP contribution in [0.1, 0.15) is 36.8 Å². The highest BCUT2D eigenvalue weighted by Gasteiger charge is 2.26. The summed E-state index contributed by atoms with van der Waals surface area (Å²) < 4.78 is 1.76. The molecule has 0 aliphatic rings. The van der Waals surface area contributed by atoms with Crippen molar-refractivity contribution in [2.24, 2.45) is 7.05 Å². The standard InChI is InChI=1S/C13H21N3O/c1-7-8-16(13(3,4)5)12-11(9-17)10(2)14-15(12)6/h7,9H,1,8H2,2-6H3. The van der Waals surface area contributed by atoms with Crippen molar-refractivity contribution in [3.05, 3.63) is 23.9 Å². The van der Waals surface area contributed by atoms with E-state index in [9.17, 15) is 4.79 Å². The van der Waals surface area contributed by atoms with Crippen molar-refractivity contribution in [3.63, 3.8) is 0 Å². The number of carbonyl (C=O) groups excluding carboxylic acids is 1. The Morgan fingerprint density at radius 3 is 2.47 bits per heavy atom. The second kappa shape index (κ2) is 4.73. The molecule has 0 radical (unpaired) electrons. The Hall–Kier alpha value is -1.58. The zero-order valence-corrected chi connectivity index (χ0v) is 11.3. The van der Waals surface area contributed by atoms with Gasteiger partial charge in [-0.3, -0.25) is 9.48 Å². The van der Waals surface area contributed by atoms with Crippen LogP contribution in [-0.2, 0) is 7.05 Å². The van der Waals surface area contributed by atoms with E-state index in [1.807, 2.05) is 20.0 Å². The average molecular weight is 235 g/mol. The largest absolute Gasteiger partial charge is 0.348 e. The number of anilines is 1. The zero-order valence-electron chi connectivity index (χ0n) is 11.3. The van der Waals surface area contributed by atoms with Crippen molar-refractivity contribution in [2.75, 3.05) is 11.4 Å². The first-order valence-electron chi connectivity index (χ1n) is 5.70. The molecule has 0 saturated heterocycles. The summed E-state index contributed by atoms with van der Waals surface area (Å²) in [7, 11) is 1.86. The van der Waals surface area contributed by atoms with Crippen LogP contribution < -0.4 is 4.90 Å². The van der Waals surface area contributed by atoms with E-state index in [0.29, 0.717) is 12.1 Å². The summed E-state index contributed by atoms with van der Waals surface area (Å²) in [6.07, 6.45) is 2.71. The molecule has 0 aromatic carbocycles. The maximum atomic E-state index is 11.2. The minimum Gasteiger partial charge on any atom is -0.348 e. The number of hydrogen-bond acceptors (Lipinski definition) is 3. The Morgan fingerprint density at radius 1 is 1.47 bits per heavy atom. The van der Waals surface area contributed by atoms with Gasteiger partial charge in [0, 0.05) is 19.1 Å². The lowest BCUT2D eigenvalue weighted by Crippen LogP contribution is -2.43. The molecule has 0 amide bonds. The molecule has 0 fully saturated rings. The molecule has 0 saturated carbocycles. The normalized spacial score (nSPS) is 11.4. The summed E-state index contributed by atoms with van der Waals surface area (Å²) in [5, 5.41) is 4.31. The molecule has 0 unspecified atom stereocenters. The number of nitrogens with zero attached hydrogens (tertiary/aromatic N) is 3. The van der Waals surface area contributed by atoms with Gasteiger partial charge in [0.25, 0.3) is 0 Å². The third-order valence-corrected chi connectivity index (χ3v) is 2.73. The summed E-state index contributed by atoms with van der Waals surface area (Å²) in [5.41, 5.74) is 1.33. The second-order valence-electron chi connectivity index (χ2n) is 5.13. The number of rotatable bonds is 4. The third-order valence-electron chi connectivity index (χ3n) is 2.73. The van der Waals surface area contributed by atoms with E-state index < -0.39 is 0 Å². The summed E-state index contributed by atoms with van der Waals surface area (Å²) in [5.74, 6) is 0.852. The van der Waals surface area contributed by atoms with Gasteiger partial charge in [-0.2, -0.15) is 5.10 Å². The second-order valence-corrected chi connectivity index (χ2v) is 5.13. The average Bonchev–Trinajstić information content (AvgIpc) is 2.47. The lowest BCUT2D eigenvalue weighted by Gasteiger charge is -2.37. The van der Waals surface area contributed by atoms with Crippen LogP contribution in [0.25, 0.3) is 0 Å². The lowest BCUT2D eigenvalue weighted by atomic mass is 10.0. The maximum Gasteiger partial charge on any atom is 0.155 e. The van der Waals surface area contributed by atoms with E-state index in [1.54, 1.807) is 4.68 Å². The SMILES string of the molecule is C=CCN(c1c(C=O)c(C)nn1C)C(C)(C)C. The number of aryl methyl sites for hydroxylation is 2. The van der Waals surface area contributed by atoms with Gasteiger partial charge in [-0.25, -0.2) is 0 Å². The maximum absolute atomic E-state index is 11.2. The molecule has 94 valence electrons. The quantitative estimate of drug-likeness (QED) is 0.594. The first-order valence-corrected chi connectivity index (χ1v) is 5.70. The zero-order chi connectivity index (χ0) is 13.2. The van der Waals surface area contributed by atoms with Gasteiger partial charge in [0.05, 0.1) is 11.3 Å². The monoisotopic (exact) mass is 235 g/mol. The van der Waals surface area contributed by atoms with E-state index in [-0.39, 0.29) is 5.54 Å². The molecule has 0 N–H and O–H groups in total. The van der Waals surface area contributed by atoms with Gasteiger partial charge in [0.15, 0.2) is 6.29 Å². The van der Waals surface area contributed by atoms with Crippen LogP contribution in [0.5, 0.6) is 0 Å². The van der Waals surface area contributed by atoms with Crippen molar-refractivity contribution < 1.29 is 4.79 Å². The first kappa shape index (κ1) is 13.5. The van der Waals surface area contributed by atoms with Crippen LogP contribution in [0, 0.1) is 6.92 Å². The van der Waals surface area contributed by atoms with Gasteiger partial charge in [-0.15, -0.1) is 6.58 Å². The summed E-state index contributed by atoms with van der Waals surface area (Å²) in [6, 6.07) is 0. The van der Waals surface area contributed by atoms with Gasteiger partial charge in [0.1, 0.15) is 5.82 Å². The third kappa shape index (κ3) is 2.57. The highest BCUT2D eigenvalue weighted by atomic mass is 16.1. The molecule has 1 rings (SSSR count). The van der Waals surface area contributed by atoms with Crippen LogP contribution in [0.2, 0.25) is 0 Å². The van der Waals surface area contributed by atoms with Gasteiger partial charge in [-0.1, -0.05) is 6.08 Å². The van der Waals surface area contributed by atoms with Crippen LogP contribution in [0.4, 0.5) is 5.82 Å². The number of aromatic nitrogens is 2. The molecule has 0 bridgehead atoms. The van der Waals surface area contributed by atoms with Gasteiger partial charge in [-0.05, 0) is 27.7 Å². The Balaban J connectivity index is 3.37. The Labute approximate surface area is 103 Å². The molecule has 17 heavy (non-hydrogen) atoms. The number of hydrogen-bond donors (Lipinski definition) is 0. The Bertz CT molecular complexity index is 427. The fourth-order valence-electron chi connectivity index (χ4n) is 1.93. The minimum absolute atomic E-state index is 0.0911. The van der Waals surface area contributed by atoms with Crippen molar-refractivity contribution >= 4 is 12.1 Å². The molecular weight excluding hydrogens is 214 g/mol. The van der Waals surface area contributed by atoms with Crippen LogP contribution >= 0.6 is 0 Å². The number of carbonyl (C=O) groups is 1. The molecule has 4 heteroatoms. The molecule has 0 spiro atoms. The Morgan fingerprint density at radius 2 is 2.06 bits per heavy atom. The smallest absolute Gasteiger partial charge is 0.155 e. The molecular formula is C13H21N3O. The van der Waals surface area contributed by atoms with Crippen LogP contribution in [-0.4, -0.2) is 28.2 Å². The highest BCUT2D eigenvalue weighted by Crippen LogP contribution is 2.27. The van der Waals surface area contributed by atoms with E-state index in [0.717, 1.165) is 17.8 Å². The fraction of sp³-hybridized carbons (Fsp3) is 0.538. The van der Waals surface area contributed by atoms with Crippen molar-refractivity contribution in [3.8, 4) is 0 Å². The lowest BCUT2D eigenvalue weighted by molar-refractivity contribution is 0.112. The van der Waals surface area contributed by atoms with Gasteiger partial charge >= 0.3 is 0 Å². The molecule has 0 aliphatic carbocycles. The van der Waals surface area contributed by atoms with E-state index in [4.69, 9.17) is 0 Å². The molecule has 1 aromatic heterocycles. The summed E-state index contributed by atoms with van der Waals surface area (Å²) in [4.78, 5) is 13.3. The minimum atomic E-state index is -0.0911. The van der Waals surface area contributed by atoms with E-state index in [1.165, 1.54) is 0 Å². The van der Waals surface area contributed by atoms with E-state index >= 15 is 0 Å². The summed E-state index contributed by atoms with van der Waals surface area (Å²) >= 11 is 0. The highest BCUT2D eigenvalue weighted by molar-refractivity contribution is 5.85. The summed E-state index contributed by atoms with van der Waals surface area (Å²) in [6.45, 7) is 12.6. The molecule has 1 heterocycles. The van der Waals surface area contributed by atoms with Gasteiger partial charge < -0.3 is 4.90 Å². The first-order chi connectivity index (χ1) is 7.82. The van der Waals surface area contributed by atoms with Crippen LogP contribution in [0.3, 0.4) is 0 Å². The molecule has 4 nitrogen and oxygen atoms in total. The Kier molecular flexibility index (Phi) is 3.76. The van der Waals surface area contributed by atoms with Crippen molar-refractivity contribution in [2.45, 2.75) is 33.2 Å². The molecule has 0 aliphatic heterocycles. The van der Waals surface area contributed by atoms with Gasteiger partial charge in [0.2, 0.25) is 0 Å². The molecule has 0 atom stereocenters. The predicted octanol–water partition coefficient (Wildman–Crippen LogP) is 2.33. The number of aldehydes is 1. The van der Waals surface area contributed by atoms with E-state index in [2.05, 4.69) is 37.3 Å².